The van der Waals surface area contributed by atoms with Crippen molar-refractivity contribution >= 4 is 50.9 Å². The first-order valence-corrected chi connectivity index (χ1v) is 9.29. The minimum absolute atomic E-state index is 0.0102. The summed E-state index contributed by atoms with van der Waals surface area (Å²) in [6.07, 6.45) is 0. The predicted octanol–water partition coefficient (Wildman–Crippen LogP) is -5.62. The van der Waals surface area contributed by atoms with Gasteiger partial charge < -0.3 is 12.4 Å². The van der Waals surface area contributed by atoms with Gasteiger partial charge in [-0.3, -0.25) is 0 Å². The van der Waals surface area contributed by atoms with Crippen molar-refractivity contribution in [2.45, 2.75) is 6.92 Å². The third-order valence-corrected chi connectivity index (χ3v) is 8.60. The normalized spacial score (nSPS) is 15.0. The second kappa shape index (κ2) is 6.48. The van der Waals surface area contributed by atoms with Crippen LogP contribution in [0.5, 0.6) is 0 Å². The Kier molecular flexibility index (Phi) is 7.05. The summed E-state index contributed by atoms with van der Waals surface area (Å²) < 4.78 is 7.94. The lowest BCUT2D eigenvalue weighted by Gasteiger charge is -2.25. The van der Waals surface area contributed by atoms with Crippen LogP contribution < -0.4 is 0 Å². The molecule has 0 bridgehead atoms. The summed E-state index contributed by atoms with van der Waals surface area (Å²) in [5.74, 6) is 0. The average molecular weight is 240 g/mol. The van der Waals surface area contributed by atoms with E-state index < -0.39 is 0 Å². The topological polar surface area (TPSA) is 9.72 Å². The Bertz CT molecular complexity index is 101. The maximum absolute atomic E-state index is 2.77. The molecular weight excluding hydrogens is 218 g/mol. The molecule has 0 unspecified atom stereocenters. The molecule has 68 valence electrons. The third-order valence-electron chi connectivity index (χ3n) is 1.55. The van der Waals surface area contributed by atoms with E-state index in [9.17, 15) is 0 Å². The molecule has 0 aliphatic carbocycles. The Morgan fingerprint density at radius 1 is 1.18 bits per heavy atom. The minimum atomic E-state index is 0.0102. The Morgan fingerprint density at radius 3 is 2.09 bits per heavy atom. The van der Waals surface area contributed by atoms with Crippen molar-refractivity contribution in [3.63, 3.8) is 0 Å². The Balaban J connectivity index is 3.43. The van der Waals surface area contributed by atoms with Crippen LogP contribution in [0, 0.1) is 0 Å². The van der Waals surface area contributed by atoms with Crippen molar-refractivity contribution in [2.24, 2.45) is 0 Å². The highest BCUT2D eigenvalue weighted by molar-refractivity contribution is 6.64. The van der Waals surface area contributed by atoms with E-state index in [1.807, 2.05) is 0 Å². The maximum atomic E-state index is 2.77. The highest BCUT2D eigenvalue weighted by Gasteiger charge is 2.02. The zero-order valence-electron chi connectivity index (χ0n) is 8.46. The average Bonchev–Trinajstić information content (AvgIpc) is 1.85. The van der Waals surface area contributed by atoms with Crippen LogP contribution >= 0.6 is 0 Å². The SMILES string of the molecule is CCN(C)[SiH2]N([SiH3])[SiH2]N([SiH3])[SiH3]. The lowest BCUT2D eigenvalue weighted by Crippen LogP contribution is -2.45. The van der Waals surface area contributed by atoms with E-state index in [0.29, 0.717) is 0 Å². The monoisotopic (exact) mass is 239 g/mol. The molecule has 8 heteroatoms. The lowest BCUT2D eigenvalue weighted by molar-refractivity contribution is 0.548. The fourth-order valence-electron chi connectivity index (χ4n) is 1.04. The van der Waals surface area contributed by atoms with E-state index in [2.05, 4.69) is 26.3 Å². The van der Waals surface area contributed by atoms with E-state index in [1.54, 1.807) is 0 Å². The van der Waals surface area contributed by atoms with Crippen molar-refractivity contribution in [1.82, 2.24) is 12.4 Å². The van der Waals surface area contributed by atoms with Crippen LogP contribution in [0.2, 0.25) is 0 Å². The fraction of sp³-hybridized carbons (Fsp3) is 1.00. The molecule has 0 saturated carbocycles. The highest BCUT2D eigenvalue weighted by Crippen LogP contribution is 1.81. The minimum Gasteiger partial charge on any atom is -0.377 e. The summed E-state index contributed by atoms with van der Waals surface area (Å²) in [6, 6.07) is 0. The zero-order chi connectivity index (χ0) is 8.85. The number of hydrogen-bond acceptors (Lipinski definition) is 3. The summed E-state index contributed by atoms with van der Waals surface area (Å²) >= 11 is 0. The van der Waals surface area contributed by atoms with Crippen LogP contribution in [0.15, 0.2) is 0 Å². The van der Waals surface area contributed by atoms with Gasteiger partial charge in [-0.1, -0.05) is 6.92 Å². The Morgan fingerprint density at radius 2 is 1.73 bits per heavy atom. The third kappa shape index (κ3) is 7.33. The summed E-state index contributed by atoms with van der Waals surface area (Å²) in [4.78, 5) is 0. The number of hydrogen-bond donors (Lipinski definition) is 0. The van der Waals surface area contributed by atoms with Crippen molar-refractivity contribution in [3.8, 4) is 0 Å². The van der Waals surface area contributed by atoms with E-state index in [-0.39, 0.29) is 19.7 Å². The highest BCUT2D eigenvalue weighted by atomic mass is 28.4. The zero-order valence-corrected chi connectivity index (χ0v) is 17.3. The van der Waals surface area contributed by atoms with Crippen molar-refractivity contribution in [1.29, 1.82) is 0 Å². The molecule has 0 aliphatic heterocycles. The van der Waals surface area contributed by atoms with Crippen LogP contribution in [0.4, 0.5) is 0 Å². The Hall–Kier alpha value is 0.964. The molecule has 0 aromatic carbocycles. The molecule has 3 nitrogen and oxygen atoms in total. The summed E-state index contributed by atoms with van der Waals surface area (Å²) in [5.41, 5.74) is 0. The molecule has 0 aliphatic rings. The van der Waals surface area contributed by atoms with Crippen LogP contribution in [-0.4, -0.2) is 76.8 Å². The largest absolute Gasteiger partial charge is 0.377 e. The van der Waals surface area contributed by atoms with Gasteiger partial charge in [0.25, 0.3) is 0 Å². The lowest BCUT2D eigenvalue weighted by atomic mass is 10.8. The first-order chi connectivity index (χ1) is 5.06. The van der Waals surface area contributed by atoms with E-state index in [4.69, 9.17) is 0 Å². The van der Waals surface area contributed by atoms with Crippen LogP contribution in [-0.2, 0) is 0 Å². The molecular formula is C3H21N3Si5. The van der Waals surface area contributed by atoms with Crippen LogP contribution in [0.3, 0.4) is 0 Å². The van der Waals surface area contributed by atoms with Gasteiger partial charge in [-0.2, -0.15) is 0 Å². The molecule has 0 fully saturated rings. The molecule has 0 saturated heterocycles. The molecule has 0 rings (SSSR count). The number of nitrogens with zero attached hydrogens (tertiary/aromatic N) is 3. The molecule has 0 spiro atoms. The van der Waals surface area contributed by atoms with Gasteiger partial charge in [-0.25, -0.2) is 0 Å². The molecule has 0 N–H and O–H groups in total. The molecule has 11 heavy (non-hydrogen) atoms. The molecule has 0 heterocycles. The summed E-state index contributed by atoms with van der Waals surface area (Å²) in [6.45, 7) is 3.49. The smallest absolute Gasteiger partial charge is 0.159 e. The van der Waals surface area contributed by atoms with E-state index >= 15 is 0 Å². The molecule has 0 atom stereocenters. The quantitative estimate of drug-likeness (QED) is 0.443. The van der Waals surface area contributed by atoms with E-state index in [1.165, 1.54) is 37.8 Å². The molecule has 0 radical (unpaired) electrons. The van der Waals surface area contributed by atoms with Gasteiger partial charge in [-0.15, -0.1) is 0 Å². The first-order valence-electron chi connectivity index (χ1n) is 4.08. The van der Waals surface area contributed by atoms with Gasteiger partial charge in [-0.05, 0) is 13.6 Å². The van der Waals surface area contributed by atoms with E-state index in [0.717, 1.165) is 0 Å². The molecule has 0 aromatic rings. The standard InChI is InChI=1S/C3H21N3Si5/c1-3-4(2)10-6(9)11-5(7)8/h3,10-11H2,1-2,7-9H3. The summed E-state index contributed by atoms with van der Waals surface area (Å²) in [5, 5.41) is 0. The molecule has 0 aromatic heterocycles. The van der Waals surface area contributed by atoms with Crippen molar-refractivity contribution < 1.29 is 0 Å². The van der Waals surface area contributed by atoms with Crippen LogP contribution in [0.25, 0.3) is 0 Å². The van der Waals surface area contributed by atoms with Gasteiger partial charge in [0.2, 0.25) is 0 Å². The second-order valence-electron chi connectivity index (χ2n) is 3.39. The van der Waals surface area contributed by atoms with Gasteiger partial charge in [0.05, 0.1) is 31.2 Å². The predicted molar refractivity (Wildman–Crippen MR) is 68.9 cm³/mol. The Labute approximate surface area is 84.0 Å². The molecule has 0 amide bonds. The van der Waals surface area contributed by atoms with Crippen LogP contribution in [0.1, 0.15) is 6.92 Å². The van der Waals surface area contributed by atoms with Crippen molar-refractivity contribution in [3.05, 3.63) is 0 Å². The first kappa shape index (κ1) is 12.0. The van der Waals surface area contributed by atoms with Gasteiger partial charge in [0.1, 0.15) is 9.84 Å². The fourth-order valence-corrected chi connectivity index (χ4v) is 17.4. The maximum Gasteiger partial charge on any atom is 0.159 e. The van der Waals surface area contributed by atoms with Gasteiger partial charge >= 0.3 is 0 Å². The van der Waals surface area contributed by atoms with Gasteiger partial charge in [0, 0.05) is 0 Å². The van der Waals surface area contributed by atoms with Crippen molar-refractivity contribution in [2.75, 3.05) is 13.6 Å². The summed E-state index contributed by atoms with van der Waals surface area (Å²) in [7, 11) is 6.29. The number of rotatable bonds is 5. The second-order valence-corrected chi connectivity index (χ2v) is 20.5. The van der Waals surface area contributed by atoms with Gasteiger partial charge in [0.15, 0.2) is 9.84 Å².